The van der Waals surface area contributed by atoms with E-state index in [0.717, 1.165) is 0 Å². The second-order valence-electron chi connectivity index (χ2n) is 0. The van der Waals surface area contributed by atoms with E-state index in [0.29, 0.717) is 0 Å². The second-order valence-corrected chi connectivity index (χ2v) is 0. The summed E-state index contributed by atoms with van der Waals surface area (Å²) in [6.07, 6.45) is 0. The molecule has 0 aromatic rings. The van der Waals surface area contributed by atoms with Gasteiger partial charge in [-0.3, -0.25) is 0 Å². The molecule has 0 nitrogen and oxygen atoms in total. The molecule has 0 saturated heterocycles. The molecule has 0 atom stereocenters. The Morgan fingerprint density at radius 1 is 0.0588 bits per heavy atom. The molecule has 0 N–H and O–H groups in total. The quantitative estimate of drug-likeness (QED) is 0.228. The molecular formula is C14H56No20. The third-order valence-electron chi connectivity index (χ3n) is 0. The Bertz CT molecular complexity index is 33.2. The Balaban J connectivity index is 0. The summed E-state index contributed by atoms with van der Waals surface area (Å²) in [5, 5.41) is 0. The molecule has 0 amide bonds. The minimum Gasteiger partial charge on any atom is -0.0776 e. The largest absolute Gasteiger partial charge is 0.0776 e. The standard InChI is InChI=1S/14CH4.20No/h14*1H4;;;;;;;;;;;;;;;;;;;;. The van der Waals surface area contributed by atoms with Gasteiger partial charge in [-0.2, -0.15) is 0 Å². The minimum absolute atomic E-state index is 0. The summed E-state index contributed by atoms with van der Waals surface area (Å²) in [6, 6.07) is 0. The van der Waals surface area contributed by atoms with Crippen molar-refractivity contribution in [3.8, 4) is 0 Å². The SMILES string of the molecule is C.C.C.C.C.C.C.C.C.C.C.C.C.C.[No].[No].[No].[No].[No].[No].[No].[No].[No].[No].[No].[No].[No].[No].[No].[No].[No].[No].[No].[No]. The van der Waals surface area contributed by atoms with Crippen molar-refractivity contribution in [2.24, 2.45) is 0 Å². The average molecular weight is 5400 g/mol. The topological polar surface area (TPSA) is 0 Å². The summed E-state index contributed by atoms with van der Waals surface area (Å²) in [7, 11) is 0. The van der Waals surface area contributed by atoms with Crippen molar-refractivity contribution >= 4 is 0 Å². The Hall–Kier alpha value is -20.0. The van der Waals surface area contributed by atoms with Crippen LogP contribution in [0, 0.1) is 0 Å². The van der Waals surface area contributed by atoms with Crippen molar-refractivity contribution in [1.82, 2.24) is 0 Å². The zero-order valence-electron chi connectivity index (χ0n) is 5.35. The van der Waals surface area contributed by atoms with E-state index >= 15 is 0 Å². The molecule has 392 valence electrons. The van der Waals surface area contributed by atoms with E-state index in [1.54, 1.807) is 0 Å². The van der Waals surface area contributed by atoms with Crippen LogP contribution in [0.5, 0.6) is 0 Å². The summed E-state index contributed by atoms with van der Waals surface area (Å²) in [4.78, 5) is 0. The van der Waals surface area contributed by atoms with Crippen molar-refractivity contribution in [2.45, 2.75) is 104 Å². The van der Waals surface area contributed by atoms with Crippen molar-refractivity contribution in [2.75, 3.05) is 0 Å². The summed E-state index contributed by atoms with van der Waals surface area (Å²) in [5.74, 6) is 0. The Labute approximate surface area is 105 Å². The van der Waals surface area contributed by atoms with Gasteiger partial charge < -0.3 is 0 Å². The zero-order valence-corrected chi connectivity index (χ0v) is 49.9. The number of rotatable bonds is 0. The van der Waals surface area contributed by atoms with Gasteiger partial charge in [0.15, 0.2) is 0 Å². The Morgan fingerprint density at radius 3 is 0.0588 bits per heavy atom. The molecule has 20 heteroatoms. The smallest absolute Gasteiger partial charge is 0 e. The van der Waals surface area contributed by atoms with E-state index in [9.17, 15) is 0 Å². The maximum absolute atomic E-state index is 0. The molecule has 0 aromatic carbocycles. The maximum Gasteiger partial charge on any atom is 0 e. The molecule has 0 fully saturated rings. The molecule has 34 heavy (non-hydrogen) atoms. The summed E-state index contributed by atoms with van der Waals surface area (Å²) >= 11 is 0. The summed E-state index contributed by atoms with van der Waals surface area (Å²) in [5.41, 5.74) is 0. The maximum atomic E-state index is 0. The van der Waals surface area contributed by atoms with Crippen LogP contribution in [0.3, 0.4) is 0 Å². The Kier molecular flexibility index (Phi) is 0.814. The molecular weight excluding hydrogens is 5350 g/mol. The van der Waals surface area contributed by atoms with Gasteiger partial charge in [0.25, 0.3) is 0 Å². The predicted molar refractivity (Wildman–Crippen MR) is 94.2 cm³/mol. The van der Waals surface area contributed by atoms with E-state index in [-0.39, 0.29) is 104 Å². The first-order chi connectivity index (χ1) is 0. The van der Waals surface area contributed by atoms with Crippen LogP contribution in [-0.2, 0) is 0 Å². The van der Waals surface area contributed by atoms with Gasteiger partial charge in [0.05, 0.1) is 0 Å². The summed E-state index contributed by atoms with van der Waals surface area (Å²) < 4.78 is 0. The van der Waals surface area contributed by atoms with Crippen molar-refractivity contribution < 1.29 is 0 Å². The number of hydrogen-bond donors (Lipinski definition) is 0. The van der Waals surface area contributed by atoms with Crippen molar-refractivity contribution in [3.63, 3.8) is 0 Å². The first-order valence-corrected chi connectivity index (χ1v) is 0. The molecule has 0 radical (unpaired) electrons. The van der Waals surface area contributed by atoms with Gasteiger partial charge in [0.2, 0.25) is 0 Å². The zero-order chi connectivity index (χ0) is 0. The fraction of sp³-hybridized carbons (Fsp3) is 1.00. The Morgan fingerprint density at radius 2 is 0.0588 bits per heavy atom. The third-order valence-corrected chi connectivity index (χ3v) is 0. The number of hydrogen-bond acceptors (Lipinski definition) is 0. The molecule has 0 saturated carbocycles. The van der Waals surface area contributed by atoms with Gasteiger partial charge in [-0.15, -0.1) is 0 Å². The van der Waals surface area contributed by atoms with Gasteiger partial charge >= 0.3 is 0 Å². The second kappa shape index (κ2) is 4.68. The van der Waals surface area contributed by atoms with Gasteiger partial charge in [-0.05, 0) is 0 Å². The fourth-order valence-corrected chi connectivity index (χ4v) is 0. The monoisotopic (exact) mass is 5410 g/mol. The molecule has 0 bridgehead atoms. The van der Waals surface area contributed by atoms with Crippen LogP contribution in [0.1, 0.15) is 104 Å². The molecule has 0 unspecified atom stereocenters. The van der Waals surface area contributed by atoms with E-state index in [4.69, 9.17) is 0 Å². The van der Waals surface area contributed by atoms with Crippen LogP contribution >= 0.6 is 0 Å². The molecule has 0 aliphatic heterocycles. The van der Waals surface area contributed by atoms with Crippen LogP contribution in [0.25, 0.3) is 0 Å². The van der Waals surface area contributed by atoms with Crippen molar-refractivity contribution in [3.05, 3.63) is 0 Å². The van der Waals surface area contributed by atoms with Crippen LogP contribution in [-0.4, -0.2) is 0 Å². The molecule has 0 heterocycles. The first kappa shape index (κ1) is 5.92. The van der Waals surface area contributed by atoms with Crippen LogP contribution in [0.2, 0.25) is 0 Å². The molecule has 0 spiro atoms. The van der Waals surface area contributed by atoms with Crippen LogP contribution in [0.4, 0.5) is 0 Å². The normalized spacial score (nSPS) is 0. The first-order valence-electron chi connectivity index (χ1n) is 0. The van der Waals surface area contributed by atoms with Gasteiger partial charge in [-0.1, -0.05) is 104 Å². The van der Waals surface area contributed by atoms with Gasteiger partial charge in [0.1, 0.15) is 0 Å². The third kappa shape index (κ3) is 3.63. The van der Waals surface area contributed by atoms with E-state index in [2.05, 4.69) is 0 Å². The van der Waals surface area contributed by atoms with Gasteiger partial charge in [-0.25, -0.2) is 0 Å². The van der Waals surface area contributed by atoms with E-state index in [1.165, 1.54) is 0 Å². The fourth-order valence-electron chi connectivity index (χ4n) is 0. The van der Waals surface area contributed by atoms with Gasteiger partial charge in [0, 0.05) is 0 Å². The average Bonchev–Trinajstić information content (AvgIpc) is 0. The van der Waals surface area contributed by atoms with Crippen molar-refractivity contribution in [1.29, 1.82) is 0 Å². The predicted octanol–water partition coefficient (Wildman–Crippen LogP) is 8.91. The minimum atomic E-state index is 0. The molecule has 0 aromatic heterocycles. The van der Waals surface area contributed by atoms with Crippen LogP contribution in [0.15, 0.2) is 0 Å². The van der Waals surface area contributed by atoms with E-state index in [1.807, 2.05) is 0 Å². The van der Waals surface area contributed by atoms with Crippen LogP contribution < -0.4 is 0 Å². The summed E-state index contributed by atoms with van der Waals surface area (Å²) in [6.45, 7) is 0. The van der Waals surface area contributed by atoms with E-state index < -0.39 is 0 Å². The molecule has 0 aliphatic rings. The molecule has 0 rings (SSSR count). The molecule has 0 aliphatic carbocycles.